The van der Waals surface area contributed by atoms with Crippen LogP contribution in [0.15, 0.2) is 48.5 Å². The molecule has 3 nitrogen and oxygen atoms in total. The van der Waals surface area contributed by atoms with E-state index in [2.05, 4.69) is 52.8 Å². The largest absolute Gasteiger partial charge is 0.372 e. The average Bonchev–Trinajstić information content (AvgIpc) is 3.06. The highest BCUT2D eigenvalue weighted by Crippen LogP contribution is 2.29. The average molecular weight is 333 g/mol. The number of fused-ring (bicyclic) bond motifs is 1. The van der Waals surface area contributed by atoms with Crippen molar-refractivity contribution in [3.8, 4) is 0 Å². The van der Waals surface area contributed by atoms with Crippen LogP contribution in [0.2, 0.25) is 0 Å². The molecule has 0 aliphatic heterocycles. The summed E-state index contributed by atoms with van der Waals surface area (Å²) in [7, 11) is 0. The molecule has 3 rings (SSSR count). The highest BCUT2D eigenvalue weighted by Gasteiger charge is 2.09. The molecule has 0 N–H and O–H groups in total. The van der Waals surface area contributed by atoms with E-state index in [9.17, 15) is 0 Å². The van der Waals surface area contributed by atoms with Crippen molar-refractivity contribution in [1.29, 1.82) is 0 Å². The van der Waals surface area contributed by atoms with Crippen molar-refractivity contribution in [2.24, 2.45) is 0 Å². The minimum Gasteiger partial charge on any atom is -0.372 e. The van der Waals surface area contributed by atoms with Crippen molar-refractivity contribution in [3.05, 3.63) is 70.5 Å². The van der Waals surface area contributed by atoms with Gasteiger partial charge in [0.1, 0.15) is 5.01 Å². The Morgan fingerprint density at radius 3 is 2.46 bits per heavy atom. The Balaban J connectivity index is 1.91. The first-order chi connectivity index (χ1) is 11.7. The zero-order valence-electron chi connectivity index (χ0n) is 13.9. The fourth-order valence-corrected chi connectivity index (χ4v) is 3.58. The Hall–Kier alpha value is -2.64. The molecule has 0 amide bonds. The first kappa shape index (κ1) is 16.2. The number of para-hydroxylation sites is 1. The maximum Gasteiger partial charge on any atom is 0.222 e. The summed E-state index contributed by atoms with van der Waals surface area (Å²) in [5.41, 5.74) is 3.77. The van der Waals surface area contributed by atoms with Crippen LogP contribution in [0, 0.1) is 6.57 Å². The van der Waals surface area contributed by atoms with Crippen LogP contribution in [0.5, 0.6) is 0 Å². The monoisotopic (exact) mass is 333 g/mol. The van der Waals surface area contributed by atoms with Crippen LogP contribution < -0.4 is 4.90 Å². The molecule has 1 heterocycles. The Kier molecular flexibility index (Phi) is 4.93. The second-order valence-corrected chi connectivity index (χ2v) is 6.42. The van der Waals surface area contributed by atoms with Crippen LogP contribution >= 0.6 is 11.3 Å². The molecule has 0 spiro atoms. The number of hydrogen-bond donors (Lipinski definition) is 0. The minimum absolute atomic E-state index is 0.590. The number of aromatic nitrogens is 1. The molecule has 0 bridgehead atoms. The van der Waals surface area contributed by atoms with Gasteiger partial charge in [0.05, 0.1) is 16.8 Å². The lowest BCUT2D eigenvalue weighted by Crippen LogP contribution is -2.21. The smallest absolute Gasteiger partial charge is 0.222 e. The van der Waals surface area contributed by atoms with Crippen LogP contribution in [0.1, 0.15) is 24.4 Å². The molecule has 4 heteroatoms. The van der Waals surface area contributed by atoms with Gasteiger partial charge in [0.15, 0.2) is 0 Å². The highest BCUT2D eigenvalue weighted by molar-refractivity contribution is 7.19. The summed E-state index contributed by atoms with van der Waals surface area (Å²) in [6.45, 7) is 13.8. The molecule has 0 aliphatic rings. The van der Waals surface area contributed by atoms with Crippen molar-refractivity contribution >= 4 is 39.0 Å². The summed E-state index contributed by atoms with van der Waals surface area (Å²) in [6.07, 6.45) is 1.91. The number of thiazole rings is 1. The number of hydrogen-bond acceptors (Lipinski definition) is 3. The predicted molar refractivity (Wildman–Crippen MR) is 104 cm³/mol. The van der Waals surface area contributed by atoms with Crippen LogP contribution in [-0.2, 0) is 0 Å². The van der Waals surface area contributed by atoms with Gasteiger partial charge in [0, 0.05) is 18.8 Å². The molecular formula is C20H19N3S. The lowest BCUT2D eigenvalue weighted by atomic mass is 10.1. The van der Waals surface area contributed by atoms with E-state index in [1.165, 1.54) is 5.69 Å². The molecule has 1 aromatic heterocycles. The van der Waals surface area contributed by atoms with E-state index in [1.807, 2.05) is 30.3 Å². The highest BCUT2D eigenvalue weighted by atomic mass is 32.1. The fourth-order valence-electron chi connectivity index (χ4n) is 2.65. The van der Waals surface area contributed by atoms with E-state index in [1.54, 1.807) is 11.3 Å². The van der Waals surface area contributed by atoms with Crippen molar-refractivity contribution < 1.29 is 0 Å². The van der Waals surface area contributed by atoms with Gasteiger partial charge in [-0.1, -0.05) is 24.3 Å². The third kappa shape index (κ3) is 3.32. The van der Waals surface area contributed by atoms with Gasteiger partial charge >= 0.3 is 0 Å². The van der Waals surface area contributed by atoms with Crippen LogP contribution in [-0.4, -0.2) is 18.1 Å². The van der Waals surface area contributed by atoms with Crippen molar-refractivity contribution in [1.82, 2.24) is 4.98 Å². The molecule has 0 saturated carbocycles. The third-order valence-electron chi connectivity index (χ3n) is 3.96. The molecule has 2 aromatic carbocycles. The molecule has 24 heavy (non-hydrogen) atoms. The van der Waals surface area contributed by atoms with Crippen LogP contribution in [0.3, 0.4) is 0 Å². The predicted octanol–water partition coefficient (Wildman–Crippen LogP) is 5.56. The SMILES string of the molecule is [C-]#[N+]/C(=C\c1ccc(N(CC)CC)cc1)c1nc2ccccc2s1. The van der Waals surface area contributed by atoms with Crippen LogP contribution in [0.4, 0.5) is 5.69 Å². The van der Waals surface area contributed by atoms with Crippen molar-refractivity contribution in [3.63, 3.8) is 0 Å². The van der Waals surface area contributed by atoms with E-state index in [0.717, 1.165) is 33.9 Å². The van der Waals surface area contributed by atoms with Gasteiger partial charge in [-0.2, -0.15) is 0 Å². The molecular weight excluding hydrogens is 314 g/mol. The number of nitrogens with zero attached hydrogens (tertiary/aromatic N) is 3. The Labute approximate surface area is 146 Å². The topological polar surface area (TPSA) is 20.5 Å². The van der Waals surface area contributed by atoms with Gasteiger partial charge in [0.25, 0.3) is 0 Å². The van der Waals surface area contributed by atoms with Gasteiger partial charge in [-0.05, 0) is 49.8 Å². The zero-order valence-corrected chi connectivity index (χ0v) is 14.7. The Bertz CT molecular complexity index is 864. The van der Waals surface area contributed by atoms with Gasteiger partial charge in [-0.3, -0.25) is 0 Å². The van der Waals surface area contributed by atoms with Crippen LogP contribution in [0.25, 0.3) is 26.8 Å². The number of benzene rings is 2. The van der Waals surface area contributed by atoms with E-state index < -0.39 is 0 Å². The van der Waals surface area contributed by atoms with Gasteiger partial charge in [0.2, 0.25) is 5.70 Å². The van der Waals surface area contributed by atoms with Crippen molar-refractivity contribution in [2.45, 2.75) is 13.8 Å². The lowest BCUT2D eigenvalue weighted by Gasteiger charge is -2.20. The lowest BCUT2D eigenvalue weighted by molar-refractivity contribution is 0.866. The van der Waals surface area contributed by atoms with Gasteiger partial charge in [-0.25, -0.2) is 9.83 Å². The van der Waals surface area contributed by atoms with E-state index >= 15 is 0 Å². The normalized spacial score (nSPS) is 11.5. The molecule has 0 atom stereocenters. The molecule has 0 fully saturated rings. The summed E-state index contributed by atoms with van der Waals surface area (Å²) in [4.78, 5) is 10.6. The summed E-state index contributed by atoms with van der Waals surface area (Å²) in [5, 5.41) is 0.777. The molecule has 0 radical (unpaired) electrons. The van der Waals surface area contributed by atoms with Gasteiger partial charge in [-0.15, -0.1) is 11.3 Å². The maximum absolute atomic E-state index is 7.51. The maximum atomic E-state index is 7.51. The molecule has 0 unspecified atom stereocenters. The van der Waals surface area contributed by atoms with Crippen molar-refractivity contribution in [2.75, 3.05) is 18.0 Å². The number of anilines is 1. The summed E-state index contributed by atoms with van der Waals surface area (Å²) in [5.74, 6) is 0. The second kappa shape index (κ2) is 7.29. The summed E-state index contributed by atoms with van der Waals surface area (Å²) < 4.78 is 1.11. The second-order valence-electron chi connectivity index (χ2n) is 5.39. The fraction of sp³-hybridized carbons (Fsp3) is 0.200. The first-order valence-corrected chi connectivity index (χ1v) is 8.87. The molecule has 120 valence electrons. The Morgan fingerprint density at radius 2 is 1.83 bits per heavy atom. The summed E-state index contributed by atoms with van der Waals surface area (Å²) >= 11 is 1.56. The number of rotatable bonds is 5. The van der Waals surface area contributed by atoms with Gasteiger partial charge < -0.3 is 4.90 Å². The van der Waals surface area contributed by atoms with E-state index in [-0.39, 0.29) is 0 Å². The summed E-state index contributed by atoms with van der Waals surface area (Å²) in [6, 6.07) is 16.3. The quantitative estimate of drug-likeness (QED) is 0.570. The minimum atomic E-state index is 0.590. The third-order valence-corrected chi connectivity index (χ3v) is 5.02. The molecule has 0 aliphatic carbocycles. The van der Waals surface area contributed by atoms with E-state index in [4.69, 9.17) is 6.57 Å². The van der Waals surface area contributed by atoms with E-state index in [0.29, 0.717) is 5.70 Å². The standard InChI is InChI=1S/C20H19N3S/c1-4-23(5-2)16-12-10-15(11-13-16)14-18(21-3)20-22-17-8-6-7-9-19(17)24-20/h6-14H,4-5H2,1-2H3/b18-14-. The molecule has 0 saturated heterocycles. The zero-order chi connectivity index (χ0) is 16.9. The first-order valence-electron chi connectivity index (χ1n) is 8.05. The Morgan fingerprint density at radius 1 is 1.12 bits per heavy atom. The molecule has 3 aromatic rings.